The molecule has 0 aromatic heterocycles. The zero-order valence-corrected chi connectivity index (χ0v) is 11.4. The van der Waals surface area contributed by atoms with Crippen LogP contribution < -0.4 is 0 Å². The standard InChI is InChI=1S/C16H20O3/c1-12-11-18-16(2,19-12)15-10-14(8-9-17-15)13-6-4-3-5-7-13/h3-9,12,14-15H,10-11H2,1-2H3. The zero-order valence-electron chi connectivity index (χ0n) is 11.4. The average Bonchev–Trinajstić information content (AvgIpc) is 2.81. The van der Waals surface area contributed by atoms with Gasteiger partial charge in [-0.25, -0.2) is 0 Å². The third-order valence-electron chi connectivity index (χ3n) is 3.87. The van der Waals surface area contributed by atoms with Gasteiger partial charge < -0.3 is 14.2 Å². The molecular weight excluding hydrogens is 240 g/mol. The van der Waals surface area contributed by atoms with Crippen LogP contribution in [0.4, 0.5) is 0 Å². The van der Waals surface area contributed by atoms with Crippen LogP contribution in [0, 0.1) is 0 Å². The maximum absolute atomic E-state index is 5.89. The van der Waals surface area contributed by atoms with Crippen molar-refractivity contribution in [2.75, 3.05) is 6.61 Å². The van der Waals surface area contributed by atoms with Crippen LogP contribution in [-0.2, 0) is 14.2 Å². The molecule has 1 aromatic rings. The van der Waals surface area contributed by atoms with Gasteiger partial charge in [0.25, 0.3) is 0 Å². The van der Waals surface area contributed by atoms with Gasteiger partial charge in [0.15, 0.2) is 6.10 Å². The lowest BCUT2D eigenvalue weighted by Crippen LogP contribution is -2.43. The molecule has 102 valence electrons. The lowest BCUT2D eigenvalue weighted by Gasteiger charge is -2.35. The molecule has 4 unspecified atom stereocenters. The van der Waals surface area contributed by atoms with E-state index in [1.54, 1.807) is 6.26 Å². The third-order valence-corrected chi connectivity index (χ3v) is 3.87. The molecule has 0 radical (unpaired) electrons. The summed E-state index contributed by atoms with van der Waals surface area (Å²) >= 11 is 0. The molecule has 19 heavy (non-hydrogen) atoms. The van der Waals surface area contributed by atoms with Crippen molar-refractivity contribution in [1.82, 2.24) is 0 Å². The number of allylic oxidation sites excluding steroid dienone is 1. The largest absolute Gasteiger partial charge is 0.493 e. The lowest BCUT2D eigenvalue weighted by atomic mass is 9.89. The molecule has 0 N–H and O–H groups in total. The molecule has 4 atom stereocenters. The Morgan fingerprint density at radius 1 is 1.21 bits per heavy atom. The average molecular weight is 260 g/mol. The number of hydrogen-bond donors (Lipinski definition) is 0. The highest BCUT2D eigenvalue weighted by Gasteiger charge is 2.45. The van der Waals surface area contributed by atoms with Gasteiger partial charge in [0.2, 0.25) is 5.79 Å². The summed E-state index contributed by atoms with van der Waals surface area (Å²) in [6.45, 7) is 4.64. The number of ether oxygens (including phenoxy) is 3. The molecule has 3 heteroatoms. The van der Waals surface area contributed by atoms with Gasteiger partial charge >= 0.3 is 0 Å². The molecule has 1 aromatic carbocycles. The minimum Gasteiger partial charge on any atom is -0.493 e. The second kappa shape index (κ2) is 4.99. The van der Waals surface area contributed by atoms with E-state index in [4.69, 9.17) is 14.2 Å². The van der Waals surface area contributed by atoms with Crippen LogP contribution in [0.5, 0.6) is 0 Å². The van der Waals surface area contributed by atoms with Gasteiger partial charge in [-0.2, -0.15) is 0 Å². The predicted octanol–water partition coefficient (Wildman–Crippen LogP) is 3.22. The molecule has 2 aliphatic heterocycles. The van der Waals surface area contributed by atoms with Crippen molar-refractivity contribution in [2.24, 2.45) is 0 Å². The summed E-state index contributed by atoms with van der Waals surface area (Å²) in [4.78, 5) is 0. The van der Waals surface area contributed by atoms with Gasteiger partial charge in [0, 0.05) is 12.3 Å². The quantitative estimate of drug-likeness (QED) is 0.817. The molecule has 2 heterocycles. The van der Waals surface area contributed by atoms with Gasteiger partial charge in [-0.1, -0.05) is 30.3 Å². The topological polar surface area (TPSA) is 27.7 Å². The Labute approximate surface area is 114 Å². The summed E-state index contributed by atoms with van der Waals surface area (Å²) in [7, 11) is 0. The van der Waals surface area contributed by atoms with Crippen LogP contribution in [0.2, 0.25) is 0 Å². The summed E-state index contributed by atoms with van der Waals surface area (Å²) < 4.78 is 17.4. The Kier molecular flexibility index (Phi) is 3.33. The maximum Gasteiger partial charge on any atom is 0.203 e. The predicted molar refractivity (Wildman–Crippen MR) is 72.7 cm³/mol. The molecule has 1 fully saturated rings. The molecule has 0 aliphatic carbocycles. The van der Waals surface area contributed by atoms with E-state index in [1.807, 2.05) is 19.9 Å². The summed E-state index contributed by atoms with van der Waals surface area (Å²) in [5, 5.41) is 0. The Bertz CT molecular complexity index is 456. The fraction of sp³-hybridized carbons (Fsp3) is 0.500. The highest BCUT2D eigenvalue weighted by atomic mass is 16.8. The van der Waals surface area contributed by atoms with Crippen molar-refractivity contribution < 1.29 is 14.2 Å². The van der Waals surface area contributed by atoms with Gasteiger partial charge in [-0.3, -0.25) is 0 Å². The van der Waals surface area contributed by atoms with E-state index < -0.39 is 5.79 Å². The van der Waals surface area contributed by atoms with Crippen LogP contribution in [-0.4, -0.2) is 24.6 Å². The molecule has 2 aliphatic rings. The van der Waals surface area contributed by atoms with Crippen molar-refractivity contribution in [3.63, 3.8) is 0 Å². The van der Waals surface area contributed by atoms with Gasteiger partial charge in [0.05, 0.1) is 19.0 Å². The third kappa shape index (κ3) is 2.53. The minimum atomic E-state index is -0.628. The molecular formula is C16H20O3. The molecule has 3 nitrogen and oxygen atoms in total. The first-order valence-electron chi connectivity index (χ1n) is 6.86. The Hall–Kier alpha value is -1.32. The number of hydrogen-bond acceptors (Lipinski definition) is 3. The van der Waals surface area contributed by atoms with E-state index in [1.165, 1.54) is 5.56 Å². The fourth-order valence-corrected chi connectivity index (χ4v) is 2.80. The summed E-state index contributed by atoms with van der Waals surface area (Å²) in [6, 6.07) is 10.5. The molecule has 0 saturated carbocycles. The van der Waals surface area contributed by atoms with Crippen molar-refractivity contribution in [1.29, 1.82) is 0 Å². The highest BCUT2D eigenvalue weighted by Crippen LogP contribution is 2.37. The second-order valence-corrected chi connectivity index (χ2v) is 5.46. The summed E-state index contributed by atoms with van der Waals surface area (Å²) in [5.41, 5.74) is 1.31. The van der Waals surface area contributed by atoms with Crippen molar-refractivity contribution in [2.45, 2.75) is 44.2 Å². The van der Waals surface area contributed by atoms with Crippen LogP contribution in [0.1, 0.15) is 31.7 Å². The van der Waals surface area contributed by atoms with Crippen LogP contribution in [0.15, 0.2) is 42.7 Å². The van der Waals surface area contributed by atoms with Gasteiger partial charge in [-0.05, 0) is 25.5 Å². The molecule has 3 rings (SSSR count). The first kappa shape index (κ1) is 12.7. The van der Waals surface area contributed by atoms with E-state index in [-0.39, 0.29) is 12.2 Å². The summed E-state index contributed by atoms with van der Waals surface area (Å²) in [5.74, 6) is -0.267. The Morgan fingerprint density at radius 3 is 2.68 bits per heavy atom. The van der Waals surface area contributed by atoms with Gasteiger partial charge in [0.1, 0.15) is 0 Å². The lowest BCUT2D eigenvalue weighted by molar-refractivity contribution is -0.220. The molecule has 0 spiro atoms. The number of rotatable bonds is 2. The maximum atomic E-state index is 5.89. The van der Waals surface area contributed by atoms with Crippen LogP contribution in [0.25, 0.3) is 0 Å². The normalized spacial score (nSPS) is 38.1. The highest BCUT2D eigenvalue weighted by molar-refractivity contribution is 5.24. The molecule has 0 amide bonds. The second-order valence-electron chi connectivity index (χ2n) is 5.46. The van der Waals surface area contributed by atoms with E-state index in [9.17, 15) is 0 Å². The van der Waals surface area contributed by atoms with Crippen LogP contribution >= 0.6 is 0 Å². The zero-order chi connectivity index (χ0) is 13.3. The minimum absolute atomic E-state index is 0.0624. The van der Waals surface area contributed by atoms with E-state index >= 15 is 0 Å². The fourth-order valence-electron chi connectivity index (χ4n) is 2.80. The van der Waals surface area contributed by atoms with Crippen molar-refractivity contribution in [3.05, 3.63) is 48.2 Å². The van der Waals surface area contributed by atoms with Crippen molar-refractivity contribution in [3.8, 4) is 0 Å². The monoisotopic (exact) mass is 260 g/mol. The SMILES string of the molecule is CC1COC(C)(C2CC(c3ccccc3)C=CO2)O1. The smallest absolute Gasteiger partial charge is 0.203 e. The first-order chi connectivity index (χ1) is 9.17. The summed E-state index contributed by atoms with van der Waals surface area (Å²) in [6.07, 6.45) is 4.84. The Balaban J connectivity index is 1.75. The Morgan fingerprint density at radius 2 is 2.00 bits per heavy atom. The van der Waals surface area contributed by atoms with Gasteiger partial charge in [-0.15, -0.1) is 0 Å². The van der Waals surface area contributed by atoms with E-state index in [0.717, 1.165) is 6.42 Å². The first-order valence-corrected chi connectivity index (χ1v) is 6.86. The molecule has 1 saturated heterocycles. The molecule has 0 bridgehead atoms. The number of benzene rings is 1. The van der Waals surface area contributed by atoms with Crippen LogP contribution in [0.3, 0.4) is 0 Å². The van der Waals surface area contributed by atoms with E-state index in [2.05, 4.69) is 30.3 Å². The van der Waals surface area contributed by atoms with Crippen molar-refractivity contribution >= 4 is 0 Å². The van der Waals surface area contributed by atoms with E-state index in [0.29, 0.717) is 12.5 Å².